The first-order valence-corrected chi connectivity index (χ1v) is 8.10. The van der Waals surface area contributed by atoms with Crippen molar-refractivity contribution in [3.05, 3.63) is 15.9 Å². The van der Waals surface area contributed by atoms with Crippen LogP contribution >= 0.6 is 15.9 Å². The molecule has 0 spiro atoms. The van der Waals surface area contributed by atoms with Crippen LogP contribution in [0.2, 0.25) is 0 Å². The Morgan fingerprint density at radius 2 is 1.67 bits per heavy atom. The minimum atomic E-state index is 0.658. The number of nitrogens with one attached hydrogen (secondary N) is 2. The van der Waals surface area contributed by atoms with E-state index in [1.807, 2.05) is 0 Å². The summed E-state index contributed by atoms with van der Waals surface area (Å²) in [5.74, 6) is 1.34. The predicted molar refractivity (Wildman–Crippen MR) is 77.0 cm³/mol. The van der Waals surface area contributed by atoms with Crippen LogP contribution in [0.25, 0.3) is 0 Å². The summed E-state index contributed by atoms with van der Waals surface area (Å²) >= 11 is 3.81. The van der Waals surface area contributed by atoms with Crippen LogP contribution in [0.4, 0.5) is 0 Å². The van der Waals surface area contributed by atoms with Crippen molar-refractivity contribution in [2.24, 2.45) is 0 Å². The Morgan fingerprint density at radius 1 is 0.944 bits per heavy atom. The molecule has 2 heterocycles. The lowest BCUT2D eigenvalue weighted by atomic mass is 9.86. The summed E-state index contributed by atoms with van der Waals surface area (Å²) in [6.07, 6.45) is 9.22. The maximum absolute atomic E-state index is 4.62. The lowest BCUT2D eigenvalue weighted by Gasteiger charge is -2.22. The molecule has 2 N–H and O–H groups in total. The summed E-state index contributed by atoms with van der Waals surface area (Å²) in [5.41, 5.74) is 2.64. The van der Waals surface area contributed by atoms with E-state index in [4.69, 9.17) is 0 Å². The first-order valence-electron chi connectivity index (χ1n) is 7.30. The van der Waals surface area contributed by atoms with Gasteiger partial charge in [-0.25, -0.2) is 0 Å². The van der Waals surface area contributed by atoms with Crippen LogP contribution in [0.5, 0.6) is 0 Å². The molecule has 0 bridgehead atoms. The van der Waals surface area contributed by atoms with Gasteiger partial charge in [-0.15, -0.1) is 0 Å². The zero-order valence-corrected chi connectivity index (χ0v) is 12.4. The number of halogens is 1. The Bertz CT molecular complexity index is 354. The van der Waals surface area contributed by atoms with E-state index in [-0.39, 0.29) is 0 Å². The number of aromatic amines is 1. The van der Waals surface area contributed by atoms with Crippen LogP contribution in [-0.4, -0.2) is 23.3 Å². The van der Waals surface area contributed by atoms with Gasteiger partial charge in [0.05, 0.1) is 15.9 Å². The summed E-state index contributed by atoms with van der Waals surface area (Å²) in [5, 5.41) is 11.4. The molecule has 0 unspecified atom stereocenters. The second-order valence-electron chi connectivity index (χ2n) is 5.70. The summed E-state index contributed by atoms with van der Waals surface area (Å²) in [7, 11) is 0. The maximum atomic E-state index is 4.62. The van der Waals surface area contributed by atoms with E-state index in [1.165, 1.54) is 60.8 Å². The molecule has 4 heteroatoms. The number of aromatic nitrogens is 2. The molecule has 100 valence electrons. The molecule has 3 nitrogen and oxygen atoms in total. The van der Waals surface area contributed by atoms with Crippen molar-refractivity contribution < 1.29 is 0 Å². The topological polar surface area (TPSA) is 40.7 Å². The van der Waals surface area contributed by atoms with Crippen molar-refractivity contribution in [3.8, 4) is 0 Å². The van der Waals surface area contributed by atoms with E-state index >= 15 is 0 Å². The third-order valence-corrected chi connectivity index (χ3v) is 5.33. The van der Waals surface area contributed by atoms with Gasteiger partial charge in [-0.1, -0.05) is 19.3 Å². The van der Waals surface area contributed by atoms with Crippen molar-refractivity contribution >= 4 is 15.9 Å². The molecule has 1 aromatic rings. The van der Waals surface area contributed by atoms with Gasteiger partial charge in [-0.2, -0.15) is 5.10 Å². The minimum absolute atomic E-state index is 0.658. The summed E-state index contributed by atoms with van der Waals surface area (Å²) in [4.78, 5) is 0. The highest BCUT2D eigenvalue weighted by atomic mass is 79.9. The van der Waals surface area contributed by atoms with E-state index in [9.17, 15) is 0 Å². The monoisotopic (exact) mass is 311 g/mol. The van der Waals surface area contributed by atoms with Crippen molar-refractivity contribution in [3.63, 3.8) is 0 Å². The Morgan fingerprint density at radius 3 is 2.39 bits per heavy atom. The molecule has 1 aromatic heterocycles. The van der Waals surface area contributed by atoms with E-state index in [0.717, 1.165) is 13.1 Å². The second-order valence-corrected chi connectivity index (χ2v) is 6.49. The van der Waals surface area contributed by atoms with Gasteiger partial charge in [0.2, 0.25) is 0 Å². The van der Waals surface area contributed by atoms with E-state index in [0.29, 0.717) is 11.8 Å². The molecule has 0 radical (unpaired) electrons. The highest BCUT2D eigenvalue weighted by molar-refractivity contribution is 9.10. The first kappa shape index (κ1) is 12.7. The standard InChI is InChI=1S/C14H22BrN3/c15-12-13(10-4-2-1-3-5-10)17-18-14(12)11-6-8-16-9-7-11/h10-11,16H,1-9H2,(H,17,18). The van der Waals surface area contributed by atoms with E-state index in [2.05, 4.69) is 31.4 Å². The van der Waals surface area contributed by atoms with Crippen molar-refractivity contribution in [2.75, 3.05) is 13.1 Å². The molecule has 2 aliphatic rings. The average Bonchev–Trinajstić information content (AvgIpc) is 2.83. The lowest BCUT2D eigenvalue weighted by molar-refractivity contribution is 0.435. The number of hydrogen-bond acceptors (Lipinski definition) is 2. The molecule has 1 aliphatic heterocycles. The van der Waals surface area contributed by atoms with E-state index < -0.39 is 0 Å². The maximum Gasteiger partial charge on any atom is 0.0798 e. The third kappa shape index (κ3) is 2.50. The molecule has 1 saturated heterocycles. The molecular weight excluding hydrogens is 290 g/mol. The highest BCUT2D eigenvalue weighted by Crippen LogP contribution is 2.39. The van der Waals surface area contributed by atoms with Crippen LogP contribution in [0.15, 0.2) is 4.47 Å². The molecule has 1 saturated carbocycles. The first-order chi connectivity index (χ1) is 8.86. The average molecular weight is 312 g/mol. The Labute approximate surface area is 117 Å². The molecule has 18 heavy (non-hydrogen) atoms. The molecule has 1 aliphatic carbocycles. The predicted octanol–water partition coefficient (Wildman–Crippen LogP) is 3.69. The summed E-state index contributed by atoms with van der Waals surface area (Å²) < 4.78 is 1.28. The van der Waals surface area contributed by atoms with Gasteiger partial charge in [0.1, 0.15) is 0 Å². The summed E-state index contributed by atoms with van der Waals surface area (Å²) in [6.45, 7) is 2.27. The molecule has 2 fully saturated rings. The zero-order valence-electron chi connectivity index (χ0n) is 10.8. The Hall–Kier alpha value is -0.350. The molecule has 0 atom stereocenters. The van der Waals surface area contributed by atoms with Crippen LogP contribution in [-0.2, 0) is 0 Å². The van der Waals surface area contributed by atoms with Gasteiger partial charge >= 0.3 is 0 Å². The highest BCUT2D eigenvalue weighted by Gasteiger charge is 2.26. The van der Waals surface area contributed by atoms with Crippen LogP contribution in [0.3, 0.4) is 0 Å². The van der Waals surface area contributed by atoms with Crippen molar-refractivity contribution in [1.29, 1.82) is 0 Å². The minimum Gasteiger partial charge on any atom is -0.317 e. The van der Waals surface area contributed by atoms with Crippen LogP contribution < -0.4 is 5.32 Å². The fraction of sp³-hybridized carbons (Fsp3) is 0.786. The van der Waals surface area contributed by atoms with Gasteiger partial charge in [0, 0.05) is 11.8 Å². The number of piperidine rings is 1. The number of rotatable bonds is 2. The SMILES string of the molecule is Brc1c(C2CCCCC2)n[nH]c1C1CCNCC1. The smallest absolute Gasteiger partial charge is 0.0798 e. The quantitative estimate of drug-likeness (QED) is 0.874. The van der Waals surface area contributed by atoms with Crippen molar-refractivity contribution in [1.82, 2.24) is 15.5 Å². The van der Waals surface area contributed by atoms with Gasteiger partial charge in [0.25, 0.3) is 0 Å². The lowest BCUT2D eigenvalue weighted by Crippen LogP contribution is -2.26. The fourth-order valence-corrected chi connectivity index (χ4v) is 4.21. The second kappa shape index (κ2) is 5.74. The van der Waals surface area contributed by atoms with Gasteiger partial charge < -0.3 is 5.32 Å². The van der Waals surface area contributed by atoms with Gasteiger partial charge in [0.15, 0.2) is 0 Å². The van der Waals surface area contributed by atoms with Gasteiger partial charge in [-0.05, 0) is 54.7 Å². The van der Waals surface area contributed by atoms with Gasteiger partial charge in [-0.3, -0.25) is 5.10 Å². The Kier molecular flexibility index (Phi) is 4.04. The van der Waals surface area contributed by atoms with Crippen LogP contribution in [0.1, 0.15) is 68.2 Å². The third-order valence-electron chi connectivity index (χ3n) is 4.50. The summed E-state index contributed by atoms with van der Waals surface area (Å²) in [6, 6.07) is 0. The number of hydrogen-bond donors (Lipinski definition) is 2. The number of H-pyrrole nitrogens is 1. The zero-order chi connectivity index (χ0) is 12.4. The van der Waals surface area contributed by atoms with Crippen molar-refractivity contribution in [2.45, 2.75) is 56.8 Å². The molecule has 0 amide bonds. The normalized spacial score (nSPS) is 23.4. The number of nitrogens with zero attached hydrogens (tertiary/aromatic N) is 1. The molecular formula is C14H22BrN3. The van der Waals surface area contributed by atoms with E-state index in [1.54, 1.807) is 0 Å². The fourth-order valence-electron chi connectivity index (χ4n) is 3.38. The molecule has 0 aromatic carbocycles. The largest absolute Gasteiger partial charge is 0.317 e. The van der Waals surface area contributed by atoms with Crippen LogP contribution in [0, 0.1) is 0 Å². The Balaban J connectivity index is 1.78. The molecule has 3 rings (SSSR count).